The Bertz CT molecular complexity index is 544. The summed E-state index contributed by atoms with van der Waals surface area (Å²) in [6.07, 6.45) is 0. The minimum atomic E-state index is -0.843. The first-order valence-corrected chi connectivity index (χ1v) is 7.58. The van der Waals surface area contributed by atoms with Gasteiger partial charge < -0.3 is 10.4 Å². The molecule has 21 heavy (non-hydrogen) atoms. The number of rotatable bonds is 6. The third kappa shape index (κ3) is 4.42. The molecule has 2 nitrogen and oxygen atoms in total. The van der Waals surface area contributed by atoms with Gasteiger partial charge in [-0.3, -0.25) is 0 Å². The van der Waals surface area contributed by atoms with Crippen LogP contribution < -0.4 is 5.32 Å². The summed E-state index contributed by atoms with van der Waals surface area (Å²) in [5, 5.41) is 13.9. The highest BCUT2D eigenvalue weighted by Gasteiger charge is 2.22. The van der Waals surface area contributed by atoms with Gasteiger partial charge in [0.15, 0.2) is 0 Å². The maximum Gasteiger partial charge on any atom is 0.0992 e. The lowest BCUT2D eigenvalue weighted by Crippen LogP contribution is -2.36. The lowest BCUT2D eigenvalue weighted by molar-refractivity contribution is 0.0564. The second kappa shape index (κ2) is 6.88. The van der Waals surface area contributed by atoms with Gasteiger partial charge in [0, 0.05) is 6.54 Å². The molecular formula is C19H25NO. The molecule has 2 aromatic carbocycles. The van der Waals surface area contributed by atoms with Gasteiger partial charge in [0.2, 0.25) is 0 Å². The van der Waals surface area contributed by atoms with E-state index in [-0.39, 0.29) is 0 Å². The lowest BCUT2D eigenvalue weighted by Gasteiger charge is -2.25. The Morgan fingerprint density at radius 3 is 2.10 bits per heavy atom. The van der Waals surface area contributed by atoms with Crippen LogP contribution in [0.4, 0.5) is 0 Å². The van der Waals surface area contributed by atoms with E-state index in [2.05, 4.69) is 43.4 Å². The Hall–Kier alpha value is -1.64. The molecular weight excluding hydrogens is 258 g/mol. The number of benzene rings is 2. The second-order valence-electron chi connectivity index (χ2n) is 6.24. The van der Waals surface area contributed by atoms with Crippen LogP contribution in [0.1, 0.15) is 26.3 Å². The standard InChI is InChI=1S/C19H25NO/c1-15(2)13-20-14-19(3,21)18-11-9-17(10-12-18)16-7-5-4-6-8-16/h4-12,15,20-21H,13-14H2,1-3H3. The second-order valence-corrected chi connectivity index (χ2v) is 6.24. The molecule has 0 fully saturated rings. The fraction of sp³-hybridized carbons (Fsp3) is 0.368. The van der Waals surface area contributed by atoms with E-state index in [0.717, 1.165) is 12.1 Å². The highest BCUT2D eigenvalue weighted by molar-refractivity contribution is 5.63. The first-order chi connectivity index (χ1) is 9.99. The molecule has 1 unspecified atom stereocenters. The van der Waals surface area contributed by atoms with Crippen LogP contribution in [0.25, 0.3) is 11.1 Å². The quantitative estimate of drug-likeness (QED) is 0.845. The summed E-state index contributed by atoms with van der Waals surface area (Å²) in [7, 11) is 0. The molecule has 0 aliphatic rings. The monoisotopic (exact) mass is 283 g/mol. The maximum atomic E-state index is 10.6. The topological polar surface area (TPSA) is 32.3 Å². The average molecular weight is 283 g/mol. The van der Waals surface area contributed by atoms with Crippen molar-refractivity contribution >= 4 is 0 Å². The molecule has 2 aromatic rings. The zero-order valence-electron chi connectivity index (χ0n) is 13.1. The molecule has 0 radical (unpaired) electrons. The normalized spacial score (nSPS) is 14.1. The van der Waals surface area contributed by atoms with Crippen molar-refractivity contribution in [3.63, 3.8) is 0 Å². The molecule has 0 amide bonds. The Morgan fingerprint density at radius 2 is 1.52 bits per heavy atom. The van der Waals surface area contributed by atoms with Crippen LogP contribution in [0.15, 0.2) is 54.6 Å². The molecule has 0 aliphatic carbocycles. The molecule has 0 saturated carbocycles. The van der Waals surface area contributed by atoms with Crippen LogP contribution in [-0.4, -0.2) is 18.2 Å². The summed E-state index contributed by atoms with van der Waals surface area (Å²) in [6.45, 7) is 7.67. The van der Waals surface area contributed by atoms with Crippen molar-refractivity contribution < 1.29 is 5.11 Å². The van der Waals surface area contributed by atoms with Gasteiger partial charge in [0.25, 0.3) is 0 Å². The van der Waals surface area contributed by atoms with Crippen molar-refractivity contribution in [1.82, 2.24) is 5.32 Å². The first-order valence-electron chi connectivity index (χ1n) is 7.58. The van der Waals surface area contributed by atoms with Crippen molar-refractivity contribution in [3.8, 4) is 11.1 Å². The van der Waals surface area contributed by atoms with E-state index >= 15 is 0 Å². The molecule has 0 aliphatic heterocycles. The van der Waals surface area contributed by atoms with Crippen LogP contribution >= 0.6 is 0 Å². The van der Waals surface area contributed by atoms with Crippen molar-refractivity contribution in [3.05, 3.63) is 60.2 Å². The maximum absolute atomic E-state index is 10.6. The molecule has 0 bridgehead atoms. The first kappa shape index (κ1) is 15.7. The largest absolute Gasteiger partial charge is 0.384 e. The molecule has 2 heteroatoms. The molecule has 0 saturated heterocycles. The van der Waals surface area contributed by atoms with E-state index < -0.39 is 5.60 Å². The fourth-order valence-corrected chi connectivity index (χ4v) is 2.36. The Balaban J connectivity index is 2.07. The zero-order chi connectivity index (χ0) is 15.3. The van der Waals surface area contributed by atoms with Crippen molar-refractivity contribution in [2.45, 2.75) is 26.4 Å². The smallest absolute Gasteiger partial charge is 0.0992 e. The SMILES string of the molecule is CC(C)CNCC(C)(O)c1ccc(-c2ccccc2)cc1. The Morgan fingerprint density at radius 1 is 0.952 bits per heavy atom. The Kier molecular flexibility index (Phi) is 5.16. The van der Waals surface area contributed by atoms with Gasteiger partial charge in [0.1, 0.15) is 0 Å². The van der Waals surface area contributed by atoms with Crippen LogP contribution in [-0.2, 0) is 5.60 Å². The fourth-order valence-electron chi connectivity index (χ4n) is 2.36. The summed E-state index contributed by atoms with van der Waals surface area (Å²) in [5.41, 5.74) is 2.47. The summed E-state index contributed by atoms with van der Waals surface area (Å²) in [5.74, 6) is 0.584. The minimum absolute atomic E-state index is 0.565. The van der Waals surface area contributed by atoms with Gasteiger partial charge in [-0.2, -0.15) is 0 Å². The third-order valence-corrected chi connectivity index (χ3v) is 3.64. The van der Waals surface area contributed by atoms with E-state index in [0.29, 0.717) is 12.5 Å². The third-order valence-electron chi connectivity index (χ3n) is 3.64. The van der Waals surface area contributed by atoms with Gasteiger partial charge in [-0.1, -0.05) is 68.4 Å². The number of nitrogens with one attached hydrogen (secondary N) is 1. The average Bonchev–Trinajstić information content (AvgIpc) is 2.48. The molecule has 1 atom stereocenters. The lowest BCUT2D eigenvalue weighted by atomic mass is 9.93. The van der Waals surface area contributed by atoms with E-state index in [1.54, 1.807) is 0 Å². The highest BCUT2D eigenvalue weighted by atomic mass is 16.3. The van der Waals surface area contributed by atoms with Gasteiger partial charge >= 0.3 is 0 Å². The predicted octanol–water partition coefficient (Wildman–Crippen LogP) is 3.81. The molecule has 2 N–H and O–H groups in total. The molecule has 112 valence electrons. The van der Waals surface area contributed by atoms with E-state index in [1.165, 1.54) is 11.1 Å². The van der Waals surface area contributed by atoms with Crippen molar-refractivity contribution in [2.24, 2.45) is 5.92 Å². The summed E-state index contributed by atoms with van der Waals surface area (Å²) in [4.78, 5) is 0. The number of aliphatic hydroxyl groups is 1. The predicted molar refractivity (Wildman–Crippen MR) is 89.2 cm³/mol. The molecule has 0 spiro atoms. The highest BCUT2D eigenvalue weighted by Crippen LogP contribution is 2.24. The summed E-state index contributed by atoms with van der Waals surface area (Å²) in [6, 6.07) is 18.4. The number of hydrogen-bond donors (Lipinski definition) is 2. The van der Waals surface area contributed by atoms with Gasteiger partial charge in [0.05, 0.1) is 5.60 Å². The van der Waals surface area contributed by atoms with E-state index in [1.807, 2.05) is 37.3 Å². The molecule has 2 rings (SSSR count). The van der Waals surface area contributed by atoms with Crippen LogP contribution in [0, 0.1) is 5.92 Å². The van der Waals surface area contributed by atoms with Gasteiger partial charge in [-0.05, 0) is 36.1 Å². The van der Waals surface area contributed by atoms with Crippen LogP contribution in [0.5, 0.6) is 0 Å². The van der Waals surface area contributed by atoms with Crippen LogP contribution in [0.2, 0.25) is 0 Å². The van der Waals surface area contributed by atoms with Crippen molar-refractivity contribution in [1.29, 1.82) is 0 Å². The van der Waals surface area contributed by atoms with E-state index in [9.17, 15) is 5.11 Å². The number of hydrogen-bond acceptors (Lipinski definition) is 2. The van der Waals surface area contributed by atoms with Gasteiger partial charge in [-0.25, -0.2) is 0 Å². The van der Waals surface area contributed by atoms with E-state index in [4.69, 9.17) is 0 Å². The summed E-state index contributed by atoms with van der Waals surface area (Å²) >= 11 is 0. The van der Waals surface area contributed by atoms with Crippen LogP contribution in [0.3, 0.4) is 0 Å². The molecule has 0 heterocycles. The van der Waals surface area contributed by atoms with Crippen molar-refractivity contribution in [2.75, 3.05) is 13.1 Å². The Labute approximate surface area is 127 Å². The van der Waals surface area contributed by atoms with Gasteiger partial charge in [-0.15, -0.1) is 0 Å². The summed E-state index contributed by atoms with van der Waals surface area (Å²) < 4.78 is 0. The molecule has 0 aromatic heterocycles. The zero-order valence-corrected chi connectivity index (χ0v) is 13.1. The minimum Gasteiger partial charge on any atom is -0.384 e.